The number of halogens is 1. The maximum atomic E-state index is 7.33. The van der Waals surface area contributed by atoms with Crippen molar-refractivity contribution >= 4 is 51.8 Å². The number of anilines is 5. The molecule has 4 aromatic rings. The fourth-order valence-electron chi connectivity index (χ4n) is 9.49. The van der Waals surface area contributed by atoms with Crippen molar-refractivity contribution in [3.05, 3.63) is 135 Å². The van der Waals surface area contributed by atoms with Crippen molar-refractivity contribution in [2.75, 3.05) is 9.80 Å². The third kappa shape index (κ3) is 8.14. The zero-order valence-electron chi connectivity index (χ0n) is 37.3. The molecule has 1 fully saturated rings. The number of rotatable bonds is 6. The van der Waals surface area contributed by atoms with E-state index in [-0.39, 0.29) is 32.3 Å². The molecule has 4 aromatic carbocycles. The fourth-order valence-corrected chi connectivity index (χ4v) is 11.0. The number of fused-ring (bicyclic) bond motifs is 2. The van der Waals surface area contributed by atoms with Crippen LogP contribution in [-0.4, -0.2) is 4.75 Å². The molecule has 0 radical (unpaired) electrons. The van der Waals surface area contributed by atoms with Gasteiger partial charge in [-0.3, -0.25) is 0 Å². The lowest BCUT2D eigenvalue weighted by Gasteiger charge is -2.54. The van der Waals surface area contributed by atoms with E-state index in [0.717, 1.165) is 28.4 Å². The van der Waals surface area contributed by atoms with Crippen molar-refractivity contribution in [3.63, 3.8) is 0 Å². The minimum atomic E-state index is -0.000653. The Labute approximate surface area is 355 Å². The quantitative estimate of drug-likeness (QED) is 0.179. The Balaban J connectivity index is 1.44. The van der Waals surface area contributed by atoms with Crippen LogP contribution < -0.4 is 9.80 Å². The predicted molar refractivity (Wildman–Crippen MR) is 251 cm³/mol. The molecule has 7 rings (SSSR count). The first-order valence-corrected chi connectivity index (χ1v) is 22.5. The summed E-state index contributed by atoms with van der Waals surface area (Å²) in [4.78, 5) is 4.93. The third-order valence-electron chi connectivity index (χ3n) is 13.4. The van der Waals surface area contributed by atoms with Crippen LogP contribution in [0.2, 0.25) is 5.02 Å². The highest BCUT2D eigenvalue weighted by atomic mass is 35.5. The highest BCUT2D eigenvalue weighted by Crippen LogP contribution is 2.64. The molecular weight excluding hydrogens is 732 g/mol. The molecule has 57 heavy (non-hydrogen) atoms. The molecule has 0 aromatic heterocycles. The Hall–Kier alpha value is -3.40. The molecule has 2 nitrogen and oxygen atoms in total. The smallest absolute Gasteiger partial charge is 0.0497 e. The first kappa shape index (κ1) is 41.7. The van der Waals surface area contributed by atoms with Crippen LogP contribution in [-0.2, 0) is 16.2 Å². The minimum Gasteiger partial charge on any atom is -0.313 e. The lowest BCUT2D eigenvalue weighted by Crippen LogP contribution is -2.47. The van der Waals surface area contributed by atoms with Crippen LogP contribution in [0.4, 0.5) is 28.4 Å². The van der Waals surface area contributed by atoms with Crippen molar-refractivity contribution in [1.29, 1.82) is 0 Å². The largest absolute Gasteiger partial charge is 0.313 e. The minimum absolute atomic E-state index is 0.000653. The number of hydrogen-bond donors (Lipinski definition) is 0. The van der Waals surface area contributed by atoms with Crippen LogP contribution >= 0.6 is 23.4 Å². The summed E-state index contributed by atoms with van der Waals surface area (Å²) in [6, 6.07) is 34.0. The Bertz CT molecular complexity index is 2150. The van der Waals surface area contributed by atoms with E-state index in [1.807, 2.05) is 11.8 Å². The summed E-state index contributed by atoms with van der Waals surface area (Å²) in [7, 11) is 0. The van der Waals surface area contributed by atoms with Crippen LogP contribution in [0.3, 0.4) is 0 Å². The molecule has 1 saturated carbocycles. The Morgan fingerprint density at radius 1 is 0.579 bits per heavy atom. The van der Waals surface area contributed by atoms with Gasteiger partial charge in [-0.15, -0.1) is 11.8 Å². The lowest BCUT2D eigenvalue weighted by atomic mass is 9.52. The van der Waals surface area contributed by atoms with Gasteiger partial charge in [-0.1, -0.05) is 150 Å². The zero-order valence-corrected chi connectivity index (χ0v) is 38.8. The molecule has 4 heteroatoms. The summed E-state index contributed by atoms with van der Waals surface area (Å²) in [6.07, 6.45) is 6.41. The summed E-state index contributed by atoms with van der Waals surface area (Å²) < 4.78 is 0.0615. The highest BCUT2D eigenvalue weighted by Gasteiger charge is 2.54. The number of hydrogen-bond acceptors (Lipinski definition) is 3. The Kier molecular flexibility index (Phi) is 10.6. The van der Waals surface area contributed by atoms with Crippen molar-refractivity contribution in [3.8, 4) is 0 Å². The first-order chi connectivity index (χ1) is 26.4. The molecule has 0 bridgehead atoms. The average Bonchev–Trinajstić information content (AvgIpc) is 3.45. The topological polar surface area (TPSA) is 6.48 Å². The van der Waals surface area contributed by atoms with E-state index in [2.05, 4.69) is 209 Å². The highest BCUT2D eigenvalue weighted by molar-refractivity contribution is 8.03. The van der Waals surface area contributed by atoms with E-state index >= 15 is 0 Å². The van der Waals surface area contributed by atoms with Gasteiger partial charge in [-0.25, -0.2) is 0 Å². The van der Waals surface area contributed by atoms with Gasteiger partial charge >= 0.3 is 0 Å². The van der Waals surface area contributed by atoms with Crippen molar-refractivity contribution < 1.29 is 0 Å². The van der Waals surface area contributed by atoms with Crippen molar-refractivity contribution in [2.24, 2.45) is 22.7 Å². The van der Waals surface area contributed by atoms with E-state index in [1.165, 1.54) is 41.6 Å². The van der Waals surface area contributed by atoms with E-state index in [0.29, 0.717) is 16.4 Å². The molecule has 3 aliphatic rings. The molecule has 0 amide bonds. The molecule has 0 saturated heterocycles. The average molecular weight is 800 g/mol. The van der Waals surface area contributed by atoms with Crippen molar-refractivity contribution in [2.45, 2.75) is 137 Å². The first-order valence-electron chi connectivity index (χ1n) is 21.2. The molecule has 0 spiro atoms. The van der Waals surface area contributed by atoms with E-state index in [1.54, 1.807) is 5.57 Å². The number of allylic oxidation sites excluding steroid dienone is 2. The molecular formula is C53H67ClN2S. The number of thioether (sulfide) groups is 1. The van der Waals surface area contributed by atoms with Gasteiger partial charge < -0.3 is 9.80 Å². The second-order valence-corrected chi connectivity index (χ2v) is 23.8. The molecule has 3 atom stereocenters. The summed E-state index contributed by atoms with van der Waals surface area (Å²) in [5.74, 6) is 0.844. The fraction of sp³-hybridized carbons (Fsp3) is 0.472. The van der Waals surface area contributed by atoms with Gasteiger partial charge in [-0.05, 0) is 136 Å². The Morgan fingerprint density at radius 3 is 1.63 bits per heavy atom. The normalized spacial score (nSPS) is 22.9. The molecule has 302 valence electrons. The van der Waals surface area contributed by atoms with E-state index in [9.17, 15) is 0 Å². The van der Waals surface area contributed by atoms with E-state index < -0.39 is 0 Å². The van der Waals surface area contributed by atoms with Gasteiger partial charge in [0.05, 0.1) is 0 Å². The van der Waals surface area contributed by atoms with Gasteiger partial charge in [0, 0.05) is 49.8 Å². The molecule has 0 N–H and O–H groups in total. The second kappa shape index (κ2) is 14.4. The van der Waals surface area contributed by atoms with E-state index in [4.69, 9.17) is 11.6 Å². The SMILES string of the molecule is CC1(C)CCC(C)(C)C2CC3(C)SC=C(N(c4ccc(C(C)(C)C)cc4)c4cc(Cl)cc(N(c5cccc(C(C)(C)C)c5)c5cccc(C(C)(C)C)c5)c4)C3C=C21. The molecule has 3 unspecified atom stereocenters. The monoisotopic (exact) mass is 798 g/mol. The summed E-state index contributed by atoms with van der Waals surface area (Å²) in [5, 5.41) is 3.20. The number of nitrogens with zero attached hydrogens (tertiary/aromatic N) is 2. The van der Waals surface area contributed by atoms with Crippen LogP contribution in [0.1, 0.15) is 133 Å². The Morgan fingerprint density at radius 2 is 1.11 bits per heavy atom. The van der Waals surface area contributed by atoms with Crippen LogP contribution in [0, 0.1) is 22.7 Å². The van der Waals surface area contributed by atoms with Crippen LogP contribution in [0.15, 0.2) is 114 Å². The van der Waals surface area contributed by atoms with Crippen LogP contribution in [0.5, 0.6) is 0 Å². The van der Waals surface area contributed by atoms with Gasteiger partial charge in [0.15, 0.2) is 0 Å². The van der Waals surface area contributed by atoms with Crippen molar-refractivity contribution in [1.82, 2.24) is 0 Å². The van der Waals surface area contributed by atoms with Gasteiger partial charge in [0.2, 0.25) is 0 Å². The maximum absolute atomic E-state index is 7.33. The lowest BCUT2D eigenvalue weighted by molar-refractivity contribution is 0.0963. The van der Waals surface area contributed by atoms with Gasteiger partial charge in [0.1, 0.15) is 0 Å². The van der Waals surface area contributed by atoms with Crippen LogP contribution in [0.25, 0.3) is 0 Å². The molecule has 2 aliphatic carbocycles. The standard InChI is InChI=1S/C53H67ClN2S/c1-48(2,3)35-21-23-39(24-22-35)56(47-34-57-53(14)33-46-44(32-45(47)53)51(10,11)25-26-52(46,12)13)43-30-38(54)29-42(31-43)55(40-19-15-17-36(27-40)49(4,5)6)41-20-16-18-37(28-41)50(7,8)9/h15-24,27-32,34,45-46H,25-26,33H2,1-14H3. The molecule has 1 aliphatic heterocycles. The molecule has 1 heterocycles. The second-order valence-electron chi connectivity index (χ2n) is 21.9. The maximum Gasteiger partial charge on any atom is 0.0497 e. The summed E-state index contributed by atoms with van der Waals surface area (Å²) in [5.41, 5.74) is 13.0. The number of benzene rings is 4. The summed E-state index contributed by atoms with van der Waals surface area (Å²) in [6.45, 7) is 33.1. The van der Waals surface area contributed by atoms with Gasteiger partial charge in [0.25, 0.3) is 0 Å². The predicted octanol–water partition coefficient (Wildman–Crippen LogP) is 16.6. The van der Waals surface area contributed by atoms with Gasteiger partial charge in [-0.2, -0.15) is 0 Å². The summed E-state index contributed by atoms with van der Waals surface area (Å²) >= 11 is 9.38. The zero-order chi connectivity index (χ0) is 41.5. The third-order valence-corrected chi connectivity index (χ3v) is 15.0.